The monoisotopic (exact) mass is 205 g/mol. The molecule has 82 valence electrons. The predicted molar refractivity (Wildman–Crippen MR) is 65.5 cm³/mol. The van der Waals surface area contributed by atoms with E-state index < -0.39 is 0 Å². The summed E-state index contributed by atoms with van der Waals surface area (Å²) in [7, 11) is 0. The van der Waals surface area contributed by atoms with Gasteiger partial charge in [-0.2, -0.15) is 0 Å². The molecule has 0 spiro atoms. The van der Waals surface area contributed by atoms with Crippen LogP contribution in [-0.4, -0.2) is 26.2 Å². The molecule has 1 aromatic carbocycles. The van der Waals surface area contributed by atoms with E-state index in [0.717, 1.165) is 26.2 Å². The summed E-state index contributed by atoms with van der Waals surface area (Å²) in [5, 5.41) is 10.3. The quantitative estimate of drug-likeness (QED) is 0.605. The predicted octanol–water partition coefficient (Wildman–Crippen LogP) is 1.89. The zero-order valence-corrected chi connectivity index (χ0v) is 9.05. The average molecular weight is 205 g/mol. The molecule has 3 nitrogen and oxygen atoms in total. The van der Waals surface area contributed by atoms with Gasteiger partial charge in [-0.1, -0.05) is 6.07 Å². The fraction of sp³-hybridized carbons (Fsp3) is 0.500. The summed E-state index contributed by atoms with van der Waals surface area (Å²) in [5.41, 5.74) is 2.42. The molecule has 1 aliphatic heterocycles. The van der Waals surface area contributed by atoms with Crippen molar-refractivity contribution >= 4 is 11.4 Å². The number of fused-ring (bicyclic) bond motifs is 2. The van der Waals surface area contributed by atoms with Crippen molar-refractivity contribution < 1.29 is 0 Å². The zero-order chi connectivity index (χ0) is 10.3. The van der Waals surface area contributed by atoms with Gasteiger partial charge in [-0.15, -0.1) is 0 Å². The Hall–Kier alpha value is -1.22. The van der Waals surface area contributed by atoms with Gasteiger partial charge in [0.05, 0.1) is 0 Å². The molecule has 15 heavy (non-hydrogen) atoms. The van der Waals surface area contributed by atoms with Crippen molar-refractivity contribution in [2.45, 2.75) is 12.8 Å². The minimum atomic E-state index is 1.04. The highest BCUT2D eigenvalue weighted by atomic mass is 14.9. The van der Waals surface area contributed by atoms with Crippen LogP contribution < -0.4 is 16.0 Å². The van der Waals surface area contributed by atoms with E-state index in [9.17, 15) is 0 Å². The van der Waals surface area contributed by atoms with E-state index in [1.165, 1.54) is 24.2 Å². The molecular weight excluding hydrogens is 186 g/mol. The second-order valence-electron chi connectivity index (χ2n) is 3.89. The minimum Gasteiger partial charge on any atom is -0.385 e. The first-order valence-electron chi connectivity index (χ1n) is 5.74. The van der Waals surface area contributed by atoms with Gasteiger partial charge < -0.3 is 16.0 Å². The topological polar surface area (TPSA) is 36.1 Å². The maximum absolute atomic E-state index is 3.43. The van der Waals surface area contributed by atoms with Crippen LogP contribution in [0.15, 0.2) is 24.3 Å². The van der Waals surface area contributed by atoms with E-state index in [4.69, 9.17) is 0 Å². The minimum absolute atomic E-state index is 1.04. The van der Waals surface area contributed by atoms with E-state index in [1.54, 1.807) is 0 Å². The van der Waals surface area contributed by atoms with E-state index >= 15 is 0 Å². The first-order chi connectivity index (χ1) is 7.45. The Morgan fingerprint density at radius 3 is 2.00 bits per heavy atom. The summed E-state index contributed by atoms with van der Waals surface area (Å²) in [4.78, 5) is 0. The zero-order valence-electron chi connectivity index (χ0n) is 9.05. The lowest BCUT2D eigenvalue weighted by Gasteiger charge is -2.12. The normalized spacial score (nSPS) is 17.9. The second-order valence-corrected chi connectivity index (χ2v) is 3.89. The molecule has 3 N–H and O–H groups in total. The third-order valence-corrected chi connectivity index (χ3v) is 2.58. The van der Waals surface area contributed by atoms with Gasteiger partial charge in [0.1, 0.15) is 0 Å². The Bertz CT molecular complexity index is 273. The number of hydrogen-bond acceptors (Lipinski definition) is 3. The summed E-state index contributed by atoms with van der Waals surface area (Å²) in [6, 6.07) is 8.50. The molecule has 0 aromatic heterocycles. The highest BCUT2D eigenvalue weighted by Crippen LogP contribution is 2.14. The van der Waals surface area contributed by atoms with Gasteiger partial charge >= 0.3 is 0 Å². The van der Waals surface area contributed by atoms with Crippen LogP contribution in [0.3, 0.4) is 0 Å². The highest BCUT2D eigenvalue weighted by molar-refractivity contribution is 5.56. The van der Waals surface area contributed by atoms with Crippen LogP contribution in [0.2, 0.25) is 0 Å². The maximum Gasteiger partial charge on any atom is 0.0360 e. The lowest BCUT2D eigenvalue weighted by Crippen LogP contribution is -2.21. The highest BCUT2D eigenvalue weighted by Gasteiger charge is 1.97. The van der Waals surface area contributed by atoms with E-state index in [0.29, 0.717) is 0 Å². The fourth-order valence-electron chi connectivity index (χ4n) is 1.76. The molecular formula is C12H19N3. The molecule has 0 unspecified atom stereocenters. The first-order valence-corrected chi connectivity index (χ1v) is 5.74. The van der Waals surface area contributed by atoms with Crippen molar-refractivity contribution in [2.75, 3.05) is 36.8 Å². The van der Waals surface area contributed by atoms with Gasteiger partial charge in [0.25, 0.3) is 0 Å². The number of nitrogens with one attached hydrogen (secondary N) is 3. The summed E-state index contributed by atoms with van der Waals surface area (Å²) in [6.45, 7) is 4.28. The van der Waals surface area contributed by atoms with Crippen LogP contribution in [0.1, 0.15) is 12.8 Å². The summed E-state index contributed by atoms with van der Waals surface area (Å²) in [5.74, 6) is 0. The van der Waals surface area contributed by atoms with Crippen molar-refractivity contribution in [3.05, 3.63) is 24.3 Å². The van der Waals surface area contributed by atoms with Crippen LogP contribution in [0.4, 0.5) is 11.4 Å². The first kappa shape index (κ1) is 10.3. The number of anilines is 2. The number of hydrogen-bond donors (Lipinski definition) is 3. The number of benzene rings is 1. The molecule has 0 radical (unpaired) electrons. The Labute approximate surface area is 91.3 Å². The number of rotatable bonds is 0. The molecule has 0 amide bonds. The van der Waals surface area contributed by atoms with Gasteiger partial charge in [-0.05, 0) is 44.1 Å². The van der Waals surface area contributed by atoms with Gasteiger partial charge in [0, 0.05) is 24.5 Å². The molecule has 3 heteroatoms. The molecule has 0 saturated carbocycles. The molecule has 2 bridgehead atoms. The van der Waals surface area contributed by atoms with E-state index in [2.05, 4.69) is 40.2 Å². The van der Waals surface area contributed by atoms with Crippen molar-refractivity contribution in [3.63, 3.8) is 0 Å². The second kappa shape index (κ2) is 5.61. The van der Waals surface area contributed by atoms with Crippen molar-refractivity contribution in [1.82, 2.24) is 5.32 Å². The van der Waals surface area contributed by atoms with Crippen LogP contribution in [-0.2, 0) is 0 Å². The molecule has 0 atom stereocenters. The molecule has 2 rings (SSSR count). The SMILES string of the molecule is c1cc2cc(c1)NCCCNCCCN2. The fourth-order valence-corrected chi connectivity index (χ4v) is 1.76. The third kappa shape index (κ3) is 3.44. The van der Waals surface area contributed by atoms with E-state index in [1.807, 2.05) is 0 Å². The largest absolute Gasteiger partial charge is 0.385 e. The molecule has 1 aliphatic rings. The van der Waals surface area contributed by atoms with Crippen LogP contribution in [0.25, 0.3) is 0 Å². The lowest BCUT2D eigenvalue weighted by molar-refractivity contribution is 0.642. The smallest absolute Gasteiger partial charge is 0.0360 e. The summed E-state index contributed by atoms with van der Waals surface area (Å²) >= 11 is 0. The lowest BCUT2D eigenvalue weighted by atomic mass is 10.2. The molecule has 0 aliphatic carbocycles. The Kier molecular flexibility index (Phi) is 3.85. The standard InChI is InChI=1S/C12H19N3/c1-4-11-10-12(5-1)15-9-3-7-13-6-2-8-14-11/h1,4-5,10,13-15H,2-3,6-9H2. The maximum atomic E-state index is 3.43. The van der Waals surface area contributed by atoms with Gasteiger partial charge in [-0.25, -0.2) is 0 Å². The Morgan fingerprint density at radius 2 is 1.40 bits per heavy atom. The van der Waals surface area contributed by atoms with Crippen LogP contribution in [0.5, 0.6) is 0 Å². The molecule has 1 heterocycles. The van der Waals surface area contributed by atoms with E-state index in [-0.39, 0.29) is 0 Å². The van der Waals surface area contributed by atoms with Crippen molar-refractivity contribution in [3.8, 4) is 0 Å². The molecule has 0 saturated heterocycles. The van der Waals surface area contributed by atoms with Crippen LogP contribution >= 0.6 is 0 Å². The average Bonchev–Trinajstić information content (AvgIpc) is 2.26. The van der Waals surface area contributed by atoms with Crippen molar-refractivity contribution in [2.24, 2.45) is 0 Å². The summed E-state index contributed by atoms with van der Waals surface area (Å²) < 4.78 is 0. The van der Waals surface area contributed by atoms with Crippen LogP contribution in [0, 0.1) is 0 Å². The molecule has 0 fully saturated rings. The third-order valence-electron chi connectivity index (χ3n) is 2.58. The van der Waals surface area contributed by atoms with Gasteiger partial charge in [-0.3, -0.25) is 0 Å². The summed E-state index contributed by atoms with van der Waals surface area (Å²) in [6.07, 6.45) is 2.36. The Balaban J connectivity index is 2.00. The molecule has 1 aromatic rings. The van der Waals surface area contributed by atoms with Gasteiger partial charge in [0.2, 0.25) is 0 Å². The Morgan fingerprint density at radius 1 is 0.800 bits per heavy atom. The van der Waals surface area contributed by atoms with Crippen molar-refractivity contribution in [1.29, 1.82) is 0 Å². The van der Waals surface area contributed by atoms with Gasteiger partial charge in [0.15, 0.2) is 0 Å².